The number of anilines is 1. The van der Waals surface area contributed by atoms with Crippen LogP contribution in [0.4, 0.5) is 5.69 Å². The Labute approximate surface area is 132 Å². The van der Waals surface area contributed by atoms with Crippen molar-refractivity contribution in [2.45, 2.75) is 20.0 Å². The number of carbonyl (C=O) groups is 1. The summed E-state index contributed by atoms with van der Waals surface area (Å²) in [6, 6.07) is 8.02. The second-order valence-electron chi connectivity index (χ2n) is 5.18. The number of hydrogen-bond donors (Lipinski definition) is 1. The minimum atomic E-state index is 0.0747. The van der Waals surface area contributed by atoms with Crippen LogP contribution in [0.2, 0.25) is 0 Å². The van der Waals surface area contributed by atoms with Gasteiger partial charge in [0.2, 0.25) is 5.91 Å². The van der Waals surface area contributed by atoms with Crippen molar-refractivity contribution in [1.82, 2.24) is 15.1 Å². The fourth-order valence-corrected chi connectivity index (χ4v) is 3.09. The predicted molar refractivity (Wildman–Crippen MR) is 85.0 cm³/mol. The number of carbonyl (C=O) groups excluding carboxylic acids is 1. The zero-order valence-electron chi connectivity index (χ0n) is 12.1. The number of benzene rings is 1. The van der Waals surface area contributed by atoms with E-state index in [0.717, 1.165) is 27.1 Å². The minimum Gasteiger partial charge on any atom is -0.305 e. The van der Waals surface area contributed by atoms with E-state index in [1.807, 2.05) is 41.8 Å². The SMILES string of the molecule is Cc1nn(C)c(CN2C(=O)CNCc3ccccc32)c1Br. The average molecular weight is 349 g/mol. The molecule has 6 heteroatoms. The smallest absolute Gasteiger partial charge is 0.241 e. The Balaban J connectivity index is 2.02. The fourth-order valence-electron chi connectivity index (χ4n) is 2.63. The number of amides is 1. The van der Waals surface area contributed by atoms with Crippen LogP contribution in [0.5, 0.6) is 0 Å². The largest absolute Gasteiger partial charge is 0.305 e. The third-order valence-electron chi connectivity index (χ3n) is 3.74. The molecule has 0 bridgehead atoms. The molecule has 0 aliphatic carbocycles. The summed E-state index contributed by atoms with van der Waals surface area (Å²) in [5.41, 5.74) is 4.04. The van der Waals surface area contributed by atoms with Crippen molar-refractivity contribution in [3.05, 3.63) is 45.7 Å². The van der Waals surface area contributed by atoms with E-state index < -0.39 is 0 Å². The molecule has 0 spiro atoms. The van der Waals surface area contributed by atoms with E-state index >= 15 is 0 Å². The molecule has 1 aliphatic heterocycles. The Hall–Kier alpha value is -1.66. The summed E-state index contributed by atoms with van der Waals surface area (Å²) in [6.45, 7) is 3.52. The number of aryl methyl sites for hydroxylation is 2. The van der Waals surface area contributed by atoms with Crippen LogP contribution in [0.25, 0.3) is 0 Å². The third kappa shape index (κ3) is 2.61. The molecule has 0 unspecified atom stereocenters. The van der Waals surface area contributed by atoms with Crippen LogP contribution >= 0.6 is 15.9 Å². The molecule has 0 atom stereocenters. The molecule has 2 heterocycles. The predicted octanol–water partition coefficient (Wildman–Crippen LogP) is 2.13. The molecule has 21 heavy (non-hydrogen) atoms. The Morgan fingerprint density at radius 1 is 1.33 bits per heavy atom. The van der Waals surface area contributed by atoms with E-state index in [2.05, 4.69) is 32.4 Å². The van der Waals surface area contributed by atoms with Gasteiger partial charge in [-0.1, -0.05) is 18.2 Å². The Morgan fingerprint density at radius 3 is 2.81 bits per heavy atom. The van der Waals surface area contributed by atoms with Gasteiger partial charge in [-0.05, 0) is 34.5 Å². The van der Waals surface area contributed by atoms with Gasteiger partial charge in [0.25, 0.3) is 0 Å². The quantitative estimate of drug-likeness (QED) is 0.904. The van der Waals surface area contributed by atoms with Gasteiger partial charge in [0.05, 0.1) is 29.0 Å². The molecule has 1 aromatic carbocycles. The first-order valence-corrected chi connectivity index (χ1v) is 7.64. The molecule has 1 aliphatic rings. The van der Waals surface area contributed by atoms with Crippen molar-refractivity contribution in [3.8, 4) is 0 Å². The number of halogens is 1. The van der Waals surface area contributed by atoms with Crippen LogP contribution in [-0.2, 0) is 24.9 Å². The van der Waals surface area contributed by atoms with Crippen molar-refractivity contribution in [2.24, 2.45) is 7.05 Å². The summed E-state index contributed by atoms with van der Waals surface area (Å²) >= 11 is 3.57. The zero-order valence-corrected chi connectivity index (χ0v) is 13.6. The Bertz CT molecular complexity index is 695. The highest BCUT2D eigenvalue weighted by Crippen LogP contribution is 2.27. The van der Waals surface area contributed by atoms with Crippen LogP contribution < -0.4 is 10.2 Å². The van der Waals surface area contributed by atoms with Gasteiger partial charge in [-0.25, -0.2) is 0 Å². The molecular weight excluding hydrogens is 332 g/mol. The summed E-state index contributed by atoms with van der Waals surface area (Å²) in [5.74, 6) is 0.0747. The van der Waals surface area contributed by atoms with Gasteiger partial charge in [-0.3, -0.25) is 9.48 Å². The van der Waals surface area contributed by atoms with Gasteiger partial charge in [-0.2, -0.15) is 5.10 Å². The lowest BCUT2D eigenvalue weighted by atomic mass is 10.1. The van der Waals surface area contributed by atoms with E-state index in [4.69, 9.17) is 0 Å². The lowest BCUT2D eigenvalue weighted by Gasteiger charge is -2.23. The highest BCUT2D eigenvalue weighted by Gasteiger charge is 2.24. The van der Waals surface area contributed by atoms with Gasteiger partial charge in [0, 0.05) is 19.3 Å². The van der Waals surface area contributed by atoms with E-state index in [9.17, 15) is 4.79 Å². The van der Waals surface area contributed by atoms with Crippen LogP contribution in [0.1, 0.15) is 17.0 Å². The molecule has 0 saturated heterocycles. The lowest BCUT2D eigenvalue weighted by molar-refractivity contribution is -0.117. The number of hydrogen-bond acceptors (Lipinski definition) is 3. The molecule has 110 valence electrons. The maximum atomic E-state index is 12.4. The molecule has 0 saturated carbocycles. The van der Waals surface area contributed by atoms with Gasteiger partial charge in [-0.15, -0.1) is 0 Å². The summed E-state index contributed by atoms with van der Waals surface area (Å²) in [7, 11) is 1.90. The number of para-hydroxylation sites is 1. The number of nitrogens with zero attached hydrogens (tertiary/aromatic N) is 3. The van der Waals surface area contributed by atoms with Crippen LogP contribution in [0, 0.1) is 6.92 Å². The molecule has 0 fully saturated rings. The molecule has 1 aromatic heterocycles. The van der Waals surface area contributed by atoms with Crippen LogP contribution in [0.3, 0.4) is 0 Å². The second kappa shape index (κ2) is 5.61. The normalized spacial score (nSPS) is 15.0. The zero-order chi connectivity index (χ0) is 15.0. The number of aromatic nitrogens is 2. The Morgan fingerprint density at radius 2 is 2.10 bits per heavy atom. The van der Waals surface area contributed by atoms with E-state index in [1.54, 1.807) is 0 Å². The summed E-state index contributed by atoms with van der Waals surface area (Å²) in [4.78, 5) is 14.3. The first-order valence-electron chi connectivity index (χ1n) is 6.85. The molecule has 0 radical (unpaired) electrons. The Kier molecular flexibility index (Phi) is 3.82. The number of rotatable bonds is 2. The minimum absolute atomic E-state index is 0.0747. The monoisotopic (exact) mass is 348 g/mol. The molecule has 1 N–H and O–H groups in total. The van der Waals surface area contributed by atoms with E-state index in [-0.39, 0.29) is 5.91 Å². The van der Waals surface area contributed by atoms with Gasteiger partial charge < -0.3 is 10.2 Å². The molecule has 1 amide bonds. The molecule has 2 aromatic rings. The van der Waals surface area contributed by atoms with Crippen molar-refractivity contribution in [2.75, 3.05) is 11.4 Å². The van der Waals surface area contributed by atoms with Crippen LogP contribution in [0.15, 0.2) is 28.7 Å². The van der Waals surface area contributed by atoms with Gasteiger partial charge in [0.1, 0.15) is 0 Å². The first kappa shape index (κ1) is 14.3. The highest BCUT2D eigenvalue weighted by atomic mass is 79.9. The lowest BCUT2D eigenvalue weighted by Crippen LogP contribution is -2.35. The van der Waals surface area contributed by atoms with E-state index in [0.29, 0.717) is 19.6 Å². The topological polar surface area (TPSA) is 50.2 Å². The first-order chi connectivity index (χ1) is 10.1. The summed E-state index contributed by atoms with van der Waals surface area (Å²) in [6.07, 6.45) is 0. The molecule has 3 rings (SSSR count). The molecule has 5 nitrogen and oxygen atoms in total. The van der Waals surface area contributed by atoms with Gasteiger partial charge in [0.15, 0.2) is 0 Å². The van der Waals surface area contributed by atoms with Gasteiger partial charge >= 0.3 is 0 Å². The van der Waals surface area contributed by atoms with E-state index in [1.165, 1.54) is 0 Å². The number of fused-ring (bicyclic) bond motifs is 1. The maximum Gasteiger partial charge on any atom is 0.241 e. The highest BCUT2D eigenvalue weighted by molar-refractivity contribution is 9.10. The molecular formula is C15H17BrN4O. The van der Waals surface area contributed by atoms with Crippen molar-refractivity contribution in [3.63, 3.8) is 0 Å². The second-order valence-corrected chi connectivity index (χ2v) is 5.97. The fraction of sp³-hybridized carbons (Fsp3) is 0.333. The maximum absolute atomic E-state index is 12.4. The van der Waals surface area contributed by atoms with Crippen molar-refractivity contribution >= 4 is 27.5 Å². The van der Waals surface area contributed by atoms with Crippen molar-refractivity contribution in [1.29, 1.82) is 0 Å². The summed E-state index contributed by atoms with van der Waals surface area (Å²) in [5, 5.41) is 7.57. The van der Waals surface area contributed by atoms with Crippen molar-refractivity contribution < 1.29 is 4.79 Å². The van der Waals surface area contributed by atoms with Crippen LogP contribution in [-0.4, -0.2) is 22.2 Å². The number of nitrogens with one attached hydrogen (secondary N) is 1. The standard InChI is InChI=1S/C15H17BrN4O/c1-10-15(16)13(19(2)18-10)9-20-12-6-4-3-5-11(12)7-17-8-14(20)21/h3-6,17H,7-9H2,1-2H3. The summed E-state index contributed by atoms with van der Waals surface area (Å²) < 4.78 is 2.79. The average Bonchev–Trinajstić information content (AvgIpc) is 2.62. The third-order valence-corrected chi connectivity index (χ3v) is 4.78.